The van der Waals surface area contributed by atoms with Gasteiger partial charge in [-0.25, -0.2) is 14.2 Å². The van der Waals surface area contributed by atoms with Gasteiger partial charge in [0.25, 0.3) is 0 Å². The van der Waals surface area contributed by atoms with Gasteiger partial charge in [-0.05, 0) is 26.8 Å². The molecule has 1 aromatic heterocycles. The Morgan fingerprint density at radius 1 is 1.42 bits per heavy atom. The minimum atomic E-state index is -0.689. The molecular weight excluding hydrogens is 339 g/mol. The predicted octanol–water partition coefficient (Wildman–Crippen LogP) is 3.49. The number of halogens is 2. The molecule has 0 aromatic carbocycles. The van der Waals surface area contributed by atoms with Crippen LogP contribution in [0.15, 0.2) is 12.3 Å². The number of hydrogen-bond donors (Lipinski definition) is 0. The molecular formula is C16H20ClFN2O4. The standard InChI is InChI=1S/C16H20ClFN2O4/c1-9(21)23-11-6-13(12-5-10(18)7-19-14(12)17)20(8-11)15(22)24-16(2,3)4/h5,7,11,13H,6,8H2,1-4H3. The van der Waals surface area contributed by atoms with E-state index < -0.39 is 35.6 Å². The summed E-state index contributed by atoms with van der Waals surface area (Å²) in [6.45, 7) is 6.68. The molecule has 1 amide bonds. The minimum Gasteiger partial charge on any atom is -0.461 e. The van der Waals surface area contributed by atoms with Crippen LogP contribution in [0.1, 0.15) is 45.7 Å². The van der Waals surface area contributed by atoms with E-state index in [4.69, 9.17) is 21.1 Å². The van der Waals surface area contributed by atoms with E-state index in [0.29, 0.717) is 12.0 Å². The summed E-state index contributed by atoms with van der Waals surface area (Å²) in [6, 6.07) is 0.646. The fourth-order valence-electron chi connectivity index (χ4n) is 2.61. The van der Waals surface area contributed by atoms with Crippen LogP contribution >= 0.6 is 11.6 Å². The first-order chi connectivity index (χ1) is 11.1. The van der Waals surface area contributed by atoms with E-state index in [1.807, 2.05) is 0 Å². The molecule has 0 bridgehead atoms. The molecule has 1 fully saturated rings. The van der Waals surface area contributed by atoms with Crippen LogP contribution < -0.4 is 0 Å². The Morgan fingerprint density at radius 3 is 2.67 bits per heavy atom. The molecule has 1 aromatic rings. The van der Waals surface area contributed by atoms with Gasteiger partial charge in [0.05, 0.1) is 18.8 Å². The van der Waals surface area contributed by atoms with Crippen molar-refractivity contribution in [2.24, 2.45) is 0 Å². The predicted molar refractivity (Wildman–Crippen MR) is 85.1 cm³/mol. The maximum Gasteiger partial charge on any atom is 0.410 e. The van der Waals surface area contributed by atoms with Crippen molar-refractivity contribution in [1.82, 2.24) is 9.88 Å². The average Bonchev–Trinajstić information content (AvgIpc) is 2.82. The largest absolute Gasteiger partial charge is 0.461 e. The molecule has 0 N–H and O–H groups in total. The van der Waals surface area contributed by atoms with Crippen molar-refractivity contribution in [3.05, 3.63) is 28.8 Å². The number of ether oxygens (including phenoxy) is 2. The molecule has 24 heavy (non-hydrogen) atoms. The highest BCUT2D eigenvalue weighted by Gasteiger charge is 2.41. The maximum absolute atomic E-state index is 13.6. The Labute approximate surface area is 144 Å². The Kier molecular flexibility index (Phi) is 5.32. The first kappa shape index (κ1) is 18.4. The number of pyridine rings is 1. The van der Waals surface area contributed by atoms with E-state index >= 15 is 0 Å². The Hall–Kier alpha value is -1.89. The first-order valence-corrected chi connectivity index (χ1v) is 7.92. The summed E-state index contributed by atoms with van der Waals surface area (Å²) in [4.78, 5) is 28.9. The number of aromatic nitrogens is 1. The van der Waals surface area contributed by atoms with Crippen molar-refractivity contribution >= 4 is 23.7 Å². The summed E-state index contributed by atoms with van der Waals surface area (Å²) >= 11 is 6.07. The number of esters is 1. The molecule has 2 rings (SSSR count). The highest BCUT2D eigenvalue weighted by atomic mass is 35.5. The molecule has 6 nitrogen and oxygen atoms in total. The third kappa shape index (κ3) is 4.56. The van der Waals surface area contributed by atoms with Crippen LogP contribution in [0.5, 0.6) is 0 Å². The molecule has 8 heteroatoms. The van der Waals surface area contributed by atoms with Crippen LogP contribution in [-0.4, -0.2) is 40.2 Å². The van der Waals surface area contributed by atoms with E-state index in [1.54, 1.807) is 20.8 Å². The summed E-state index contributed by atoms with van der Waals surface area (Å²) in [5.41, 5.74) is -0.331. The fraction of sp³-hybridized carbons (Fsp3) is 0.562. The van der Waals surface area contributed by atoms with Crippen molar-refractivity contribution in [2.75, 3.05) is 6.54 Å². The number of likely N-dealkylation sites (tertiary alicyclic amines) is 1. The lowest BCUT2D eigenvalue weighted by molar-refractivity contribution is -0.145. The van der Waals surface area contributed by atoms with Crippen LogP contribution in [-0.2, 0) is 14.3 Å². The molecule has 0 spiro atoms. The lowest BCUT2D eigenvalue weighted by atomic mass is 10.1. The third-order valence-corrected chi connectivity index (χ3v) is 3.73. The van der Waals surface area contributed by atoms with Crippen molar-refractivity contribution < 1.29 is 23.5 Å². The molecule has 1 saturated heterocycles. The van der Waals surface area contributed by atoms with E-state index in [2.05, 4.69) is 4.98 Å². The van der Waals surface area contributed by atoms with Gasteiger partial charge in [0.15, 0.2) is 0 Å². The second-order valence-electron chi connectivity index (χ2n) is 6.65. The van der Waals surface area contributed by atoms with Gasteiger partial charge in [-0.2, -0.15) is 0 Å². The minimum absolute atomic E-state index is 0.0958. The number of rotatable bonds is 2. The van der Waals surface area contributed by atoms with Crippen LogP contribution in [0.25, 0.3) is 0 Å². The molecule has 2 unspecified atom stereocenters. The molecule has 132 valence electrons. The maximum atomic E-state index is 13.6. The summed E-state index contributed by atoms with van der Waals surface area (Å²) in [7, 11) is 0. The van der Waals surface area contributed by atoms with Gasteiger partial charge < -0.3 is 9.47 Å². The molecule has 1 aliphatic rings. The second-order valence-corrected chi connectivity index (χ2v) is 7.01. The number of carbonyl (C=O) groups is 2. The van der Waals surface area contributed by atoms with E-state index in [1.165, 1.54) is 17.9 Å². The lowest BCUT2D eigenvalue weighted by Crippen LogP contribution is -2.37. The highest BCUT2D eigenvalue weighted by molar-refractivity contribution is 6.30. The zero-order valence-corrected chi connectivity index (χ0v) is 14.8. The van der Waals surface area contributed by atoms with Gasteiger partial charge in [0.2, 0.25) is 0 Å². The van der Waals surface area contributed by atoms with E-state index in [9.17, 15) is 14.0 Å². The fourth-order valence-corrected chi connectivity index (χ4v) is 2.84. The Morgan fingerprint density at radius 2 is 2.08 bits per heavy atom. The number of carbonyl (C=O) groups excluding carboxylic acids is 2. The number of amides is 1. The molecule has 0 radical (unpaired) electrons. The zero-order chi connectivity index (χ0) is 18.1. The lowest BCUT2D eigenvalue weighted by Gasteiger charge is -2.28. The zero-order valence-electron chi connectivity index (χ0n) is 14.0. The topological polar surface area (TPSA) is 68.7 Å². The number of nitrogens with zero attached hydrogens (tertiary/aromatic N) is 2. The van der Waals surface area contributed by atoms with Gasteiger partial charge in [-0.3, -0.25) is 9.69 Å². The SMILES string of the molecule is CC(=O)OC1CC(c2cc(F)cnc2Cl)N(C(=O)OC(C)(C)C)C1. The van der Waals surface area contributed by atoms with Crippen LogP contribution in [0.2, 0.25) is 5.15 Å². The molecule has 2 atom stereocenters. The van der Waals surface area contributed by atoms with Gasteiger partial charge in [-0.15, -0.1) is 0 Å². The van der Waals surface area contributed by atoms with Crippen LogP contribution in [0, 0.1) is 5.82 Å². The second kappa shape index (κ2) is 6.93. The molecule has 2 heterocycles. The van der Waals surface area contributed by atoms with E-state index in [-0.39, 0.29) is 11.7 Å². The molecule has 0 aliphatic carbocycles. The van der Waals surface area contributed by atoms with Gasteiger partial charge in [0, 0.05) is 18.9 Å². The van der Waals surface area contributed by atoms with E-state index in [0.717, 1.165) is 6.20 Å². The Bertz CT molecular complexity index is 647. The van der Waals surface area contributed by atoms with Crippen molar-refractivity contribution in [3.8, 4) is 0 Å². The van der Waals surface area contributed by atoms with Gasteiger partial charge in [-0.1, -0.05) is 11.6 Å². The normalized spacial score (nSPS) is 20.8. The monoisotopic (exact) mass is 358 g/mol. The summed E-state index contributed by atoms with van der Waals surface area (Å²) in [5.74, 6) is -1.01. The molecule has 1 aliphatic heterocycles. The summed E-state index contributed by atoms with van der Waals surface area (Å²) in [6.07, 6.45) is 0.202. The van der Waals surface area contributed by atoms with Crippen LogP contribution in [0.4, 0.5) is 9.18 Å². The van der Waals surface area contributed by atoms with Crippen molar-refractivity contribution in [1.29, 1.82) is 0 Å². The van der Waals surface area contributed by atoms with Crippen molar-refractivity contribution in [2.45, 2.75) is 51.9 Å². The third-order valence-electron chi connectivity index (χ3n) is 3.42. The summed E-state index contributed by atoms with van der Waals surface area (Å²) in [5, 5.41) is 0.0958. The van der Waals surface area contributed by atoms with Gasteiger partial charge in [0.1, 0.15) is 22.7 Å². The smallest absolute Gasteiger partial charge is 0.410 e. The average molecular weight is 359 g/mol. The van der Waals surface area contributed by atoms with Crippen molar-refractivity contribution in [3.63, 3.8) is 0 Å². The quantitative estimate of drug-likeness (QED) is 0.598. The molecule has 0 saturated carbocycles. The summed E-state index contributed by atoms with van der Waals surface area (Å²) < 4.78 is 24.1. The van der Waals surface area contributed by atoms with Crippen LogP contribution in [0.3, 0.4) is 0 Å². The first-order valence-electron chi connectivity index (χ1n) is 7.54. The van der Waals surface area contributed by atoms with Gasteiger partial charge >= 0.3 is 12.1 Å². The highest BCUT2D eigenvalue weighted by Crippen LogP contribution is 2.37. The Balaban J connectivity index is 2.31. The number of hydrogen-bond acceptors (Lipinski definition) is 5.